The average Bonchev–Trinajstić information content (AvgIpc) is 2.47. The third-order valence-corrected chi connectivity index (χ3v) is 3.11. The van der Waals surface area contributed by atoms with E-state index >= 15 is 0 Å². The van der Waals surface area contributed by atoms with Crippen LogP contribution < -0.4 is 10.1 Å². The number of halogens is 1. The summed E-state index contributed by atoms with van der Waals surface area (Å²) in [7, 11) is 1.58. The summed E-state index contributed by atoms with van der Waals surface area (Å²) < 4.78 is 5.10. The lowest BCUT2D eigenvalue weighted by Crippen LogP contribution is -2.17. The zero-order valence-corrected chi connectivity index (χ0v) is 11.2. The first-order chi connectivity index (χ1) is 9.20. The van der Waals surface area contributed by atoms with Gasteiger partial charge in [0.2, 0.25) is 5.91 Å². The highest BCUT2D eigenvalue weighted by atomic mass is 35.5. The maximum atomic E-state index is 12.0. The second kappa shape index (κ2) is 6.25. The fourth-order valence-electron chi connectivity index (χ4n) is 1.68. The minimum atomic E-state index is -0.715. The molecule has 3 nitrogen and oxygen atoms in total. The molecule has 0 aliphatic carbocycles. The smallest absolute Gasteiger partial charge is 0.246 e. The van der Waals surface area contributed by atoms with Gasteiger partial charge in [-0.1, -0.05) is 36.4 Å². The van der Waals surface area contributed by atoms with E-state index in [0.717, 1.165) is 5.56 Å². The van der Waals surface area contributed by atoms with Crippen LogP contribution in [0.5, 0.6) is 5.75 Å². The summed E-state index contributed by atoms with van der Waals surface area (Å²) in [6.07, 6.45) is 0. The highest BCUT2D eigenvalue weighted by molar-refractivity contribution is 6.32. The molecule has 0 aliphatic heterocycles. The van der Waals surface area contributed by atoms with Crippen molar-refractivity contribution >= 4 is 23.2 Å². The van der Waals surface area contributed by atoms with Gasteiger partial charge in [0.15, 0.2) is 0 Å². The van der Waals surface area contributed by atoms with Crippen molar-refractivity contribution in [2.75, 3.05) is 12.4 Å². The van der Waals surface area contributed by atoms with Gasteiger partial charge in [0.1, 0.15) is 11.1 Å². The van der Waals surface area contributed by atoms with E-state index in [9.17, 15) is 4.79 Å². The zero-order valence-electron chi connectivity index (χ0n) is 10.5. The predicted octanol–water partition coefficient (Wildman–Crippen LogP) is 3.61. The van der Waals surface area contributed by atoms with Crippen molar-refractivity contribution in [2.24, 2.45) is 0 Å². The van der Waals surface area contributed by atoms with Crippen LogP contribution in [-0.2, 0) is 4.79 Å². The molecule has 0 saturated heterocycles. The number of anilines is 1. The molecule has 1 amide bonds. The van der Waals surface area contributed by atoms with Crippen molar-refractivity contribution in [1.29, 1.82) is 0 Å². The van der Waals surface area contributed by atoms with Crippen molar-refractivity contribution in [1.82, 2.24) is 0 Å². The molecular formula is C15H14ClNO2. The first-order valence-electron chi connectivity index (χ1n) is 5.84. The van der Waals surface area contributed by atoms with Crippen molar-refractivity contribution in [3.63, 3.8) is 0 Å². The maximum Gasteiger partial charge on any atom is 0.246 e. The van der Waals surface area contributed by atoms with E-state index in [1.807, 2.05) is 36.4 Å². The number of hydrogen-bond donors (Lipinski definition) is 1. The van der Waals surface area contributed by atoms with Crippen LogP contribution in [0.4, 0.5) is 5.69 Å². The second-order valence-corrected chi connectivity index (χ2v) is 4.43. The van der Waals surface area contributed by atoms with Crippen LogP contribution in [0.25, 0.3) is 0 Å². The van der Waals surface area contributed by atoms with Gasteiger partial charge in [0, 0.05) is 11.8 Å². The Balaban J connectivity index is 2.08. The molecule has 2 aromatic carbocycles. The normalized spacial score (nSPS) is 11.7. The number of carbonyl (C=O) groups is 1. The molecule has 0 heterocycles. The minimum Gasteiger partial charge on any atom is -0.497 e. The molecular weight excluding hydrogens is 262 g/mol. The Morgan fingerprint density at radius 3 is 2.58 bits per heavy atom. The highest BCUT2D eigenvalue weighted by Crippen LogP contribution is 2.23. The Morgan fingerprint density at radius 1 is 1.16 bits per heavy atom. The van der Waals surface area contributed by atoms with Crippen LogP contribution in [0.15, 0.2) is 54.6 Å². The van der Waals surface area contributed by atoms with Crippen molar-refractivity contribution in [3.05, 3.63) is 60.2 Å². The molecule has 0 fully saturated rings. The summed E-state index contributed by atoms with van der Waals surface area (Å²) >= 11 is 6.14. The Kier molecular flexibility index (Phi) is 4.42. The molecule has 4 heteroatoms. The summed E-state index contributed by atoms with van der Waals surface area (Å²) in [4.78, 5) is 12.0. The quantitative estimate of drug-likeness (QED) is 0.866. The molecule has 1 atom stereocenters. The molecule has 0 spiro atoms. The predicted molar refractivity (Wildman–Crippen MR) is 76.7 cm³/mol. The maximum absolute atomic E-state index is 12.0. The molecule has 2 aromatic rings. The van der Waals surface area contributed by atoms with E-state index in [1.165, 1.54) is 0 Å². The fourth-order valence-corrected chi connectivity index (χ4v) is 1.88. The van der Waals surface area contributed by atoms with Crippen LogP contribution in [0.3, 0.4) is 0 Å². The lowest BCUT2D eigenvalue weighted by molar-refractivity contribution is -0.116. The summed E-state index contributed by atoms with van der Waals surface area (Å²) in [6, 6.07) is 16.4. The lowest BCUT2D eigenvalue weighted by atomic mass is 10.1. The van der Waals surface area contributed by atoms with E-state index in [-0.39, 0.29) is 5.91 Å². The molecule has 0 aliphatic rings. The number of ether oxygens (including phenoxy) is 1. The Bertz CT molecular complexity index is 557. The molecule has 19 heavy (non-hydrogen) atoms. The number of amides is 1. The third-order valence-electron chi connectivity index (χ3n) is 2.66. The largest absolute Gasteiger partial charge is 0.497 e. The molecule has 0 radical (unpaired) electrons. The van der Waals surface area contributed by atoms with Gasteiger partial charge in [-0.25, -0.2) is 0 Å². The molecule has 1 unspecified atom stereocenters. The zero-order chi connectivity index (χ0) is 13.7. The highest BCUT2D eigenvalue weighted by Gasteiger charge is 2.17. The fraction of sp³-hybridized carbons (Fsp3) is 0.133. The van der Waals surface area contributed by atoms with Crippen LogP contribution in [0, 0.1) is 0 Å². The van der Waals surface area contributed by atoms with Crippen LogP contribution in [-0.4, -0.2) is 13.0 Å². The molecule has 2 rings (SSSR count). The van der Waals surface area contributed by atoms with Gasteiger partial charge in [-0.15, -0.1) is 11.6 Å². The van der Waals surface area contributed by atoms with Gasteiger partial charge in [-0.05, 0) is 17.7 Å². The van der Waals surface area contributed by atoms with Gasteiger partial charge in [0.05, 0.1) is 7.11 Å². The average molecular weight is 276 g/mol. The summed E-state index contributed by atoms with van der Waals surface area (Å²) in [5.41, 5.74) is 1.43. The summed E-state index contributed by atoms with van der Waals surface area (Å²) in [5.74, 6) is 0.421. The molecule has 98 valence electrons. The Morgan fingerprint density at radius 2 is 1.89 bits per heavy atom. The second-order valence-electron chi connectivity index (χ2n) is 3.99. The van der Waals surface area contributed by atoms with Gasteiger partial charge in [-0.2, -0.15) is 0 Å². The Hall–Kier alpha value is -2.00. The third kappa shape index (κ3) is 3.48. The summed E-state index contributed by atoms with van der Waals surface area (Å²) in [5, 5.41) is 2.05. The van der Waals surface area contributed by atoms with Gasteiger partial charge < -0.3 is 10.1 Å². The molecule has 0 saturated carbocycles. The lowest BCUT2D eigenvalue weighted by Gasteiger charge is -2.11. The van der Waals surface area contributed by atoms with E-state index in [1.54, 1.807) is 25.3 Å². The number of hydrogen-bond acceptors (Lipinski definition) is 2. The van der Waals surface area contributed by atoms with Gasteiger partial charge in [0.25, 0.3) is 0 Å². The molecule has 1 N–H and O–H groups in total. The number of rotatable bonds is 4. The van der Waals surface area contributed by atoms with Crippen molar-refractivity contribution < 1.29 is 9.53 Å². The van der Waals surface area contributed by atoms with Crippen molar-refractivity contribution in [2.45, 2.75) is 5.38 Å². The van der Waals surface area contributed by atoms with Crippen molar-refractivity contribution in [3.8, 4) is 5.75 Å². The Labute approximate surface area is 117 Å². The number of methoxy groups -OCH3 is 1. The van der Waals surface area contributed by atoms with E-state index in [4.69, 9.17) is 16.3 Å². The number of nitrogens with one attached hydrogen (secondary N) is 1. The SMILES string of the molecule is COc1cccc(NC(=O)C(Cl)c2ccccc2)c1. The van der Waals surface area contributed by atoms with Crippen LogP contribution in [0.1, 0.15) is 10.9 Å². The monoisotopic (exact) mass is 275 g/mol. The molecule has 0 bridgehead atoms. The number of alkyl halides is 1. The van der Waals surface area contributed by atoms with Gasteiger partial charge in [-0.3, -0.25) is 4.79 Å². The number of carbonyl (C=O) groups excluding carboxylic acids is 1. The first-order valence-corrected chi connectivity index (χ1v) is 6.28. The van der Waals surface area contributed by atoms with E-state index < -0.39 is 5.38 Å². The van der Waals surface area contributed by atoms with E-state index in [2.05, 4.69) is 5.32 Å². The van der Waals surface area contributed by atoms with E-state index in [0.29, 0.717) is 11.4 Å². The van der Waals surface area contributed by atoms with Crippen LogP contribution in [0.2, 0.25) is 0 Å². The standard InChI is InChI=1S/C15H14ClNO2/c1-19-13-9-5-8-12(10-13)17-15(18)14(16)11-6-3-2-4-7-11/h2-10,14H,1H3,(H,17,18). The molecule has 0 aromatic heterocycles. The minimum absolute atomic E-state index is 0.263. The first kappa shape index (κ1) is 13.4. The van der Waals surface area contributed by atoms with Gasteiger partial charge >= 0.3 is 0 Å². The summed E-state index contributed by atoms with van der Waals surface area (Å²) in [6.45, 7) is 0. The topological polar surface area (TPSA) is 38.3 Å². The number of benzene rings is 2. The van der Waals surface area contributed by atoms with Crippen LogP contribution >= 0.6 is 11.6 Å².